The van der Waals surface area contributed by atoms with Crippen LogP contribution in [0.2, 0.25) is 0 Å². The van der Waals surface area contributed by atoms with Gasteiger partial charge in [-0.3, -0.25) is 0 Å². The molecule has 3 nitrogen and oxygen atoms in total. The van der Waals surface area contributed by atoms with Crippen LogP contribution in [0.15, 0.2) is 35.9 Å². The molecule has 2 aromatic heterocycles. The molecular weight excluding hydrogens is 230 g/mol. The predicted octanol–water partition coefficient (Wildman–Crippen LogP) is 3.15. The van der Waals surface area contributed by atoms with Crippen LogP contribution >= 0.6 is 22.9 Å². The SMILES string of the molecule is ClC1C=C(c2cccs2)Nc2ccnn21. The van der Waals surface area contributed by atoms with Crippen LogP contribution in [0.1, 0.15) is 10.4 Å². The number of nitrogens with zero attached hydrogens (tertiary/aromatic N) is 2. The van der Waals surface area contributed by atoms with Crippen LogP contribution < -0.4 is 5.32 Å². The fourth-order valence-electron chi connectivity index (χ4n) is 1.57. The Balaban J connectivity index is 2.02. The van der Waals surface area contributed by atoms with Crippen LogP contribution in [0.5, 0.6) is 0 Å². The van der Waals surface area contributed by atoms with E-state index >= 15 is 0 Å². The Morgan fingerprint density at radius 3 is 3.20 bits per heavy atom. The average molecular weight is 238 g/mol. The van der Waals surface area contributed by atoms with Gasteiger partial charge in [0.05, 0.1) is 16.8 Å². The van der Waals surface area contributed by atoms with Crippen molar-refractivity contribution in [3.05, 3.63) is 40.7 Å². The normalized spacial score (nSPS) is 19.3. The molecule has 0 aliphatic carbocycles. The fourth-order valence-corrected chi connectivity index (χ4v) is 2.56. The second kappa shape index (κ2) is 3.40. The van der Waals surface area contributed by atoms with Gasteiger partial charge < -0.3 is 5.32 Å². The third kappa shape index (κ3) is 1.46. The zero-order valence-electron chi connectivity index (χ0n) is 7.72. The molecule has 2 aromatic rings. The monoisotopic (exact) mass is 237 g/mol. The van der Waals surface area contributed by atoms with Crippen LogP contribution in [0.3, 0.4) is 0 Å². The maximum atomic E-state index is 6.19. The molecule has 3 rings (SSSR count). The van der Waals surface area contributed by atoms with E-state index < -0.39 is 0 Å². The molecule has 0 radical (unpaired) electrons. The zero-order chi connectivity index (χ0) is 10.3. The summed E-state index contributed by atoms with van der Waals surface area (Å²) in [6, 6.07) is 6.01. The van der Waals surface area contributed by atoms with Crippen molar-refractivity contribution in [1.29, 1.82) is 0 Å². The highest BCUT2D eigenvalue weighted by Crippen LogP contribution is 2.32. The van der Waals surface area contributed by atoms with Crippen LogP contribution in [0.25, 0.3) is 5.70 Å². The first-order chi connectivity index (χ1) is 7.34. The summed E-state index contributed by atoms with van der Waals surface area (Å²) < 4.78 is 1.75. The highest BCUT2D eigenvalue weighted by Gasteiger charge is 2.18. The topological polar surface area (TPSA) is 29.9 Å². The second-order valence-electron chi connectivity index (χ2n) is 3.22. The summed E-state index contributed by atoms with van der Waals surface area (Å²) in [5.41, 5.74) is 0.839. The van der Waals surface area contributed by atoms with Crippen LogP contribution in [-0.4, -0.2) is 9.78 Å². The lowest BCUT2D eigenvalue weighted by Crippen LogP contribution is -2.14. The minimum Gasteiger partial charge on any atom is -0.339 e. The van der Waals surface area contributed by atoms with E-state index in [4.69, 9.17) is 11.6 Å². The summed E-state index contributed by atoms with van der Waals surface area (Å²) in [6.07, 6.45) is 3.70. The Morgan fingerprint density at radius 1 is 1.47 bits per heavy atom. The van der Waals surface area contributed by atoms with Gasteiger partial charge in [-0.05, 0) is 17.5 Å². The van der Waals surface area contributed by atoms with Gasteiger partial charge in [0.25, 0.3) is 0 Å². The lowest BCUT2D eigenvalue weighted by molar-refractivity contribution is 0.679. The average Bonchev–Trinajstić information content (AvgIpc) is 2.88. The number of allylic oxidation sites excluding steroid dienone is 1. The lowest BCUT2D eigenvalue weighted by atomic mass is 10.3. The molecule has 0 aromatic carbocycles. The van der Waals surface area contributed by atoms with Gasteiger partial charge in [0.2, 0.25) is 0 Å². The largest absolute Gasteiger partial charge is 0.339 e. The van der Waals surface area contributed by atoms with Crippen LogP contribution in [-0.2, 0) is 0 Å². The molecule has 1 unspecified atom stereocenters. The Hall–Kier alpha value is -1.26. The summed E-state index contributed by atoms with van der Waals surface area (Å²) in [7, 11) is 0. The number of nitrogens with one attached hydrogen (secondary N) is 1. The molecule has 1 atom stereocenters. The smallest absolute Gasteiger partial charge is 0.148 e. The number of fused-ring (bicyclic) bond motifs is 1. The molecule has 0 saturated heterocycles. The van der Waals surface area contributed by atoms with Crippen molar-refractivity contribution in [2.75, 3.05) is 5.32 Å². The molecule has 1 aliphatic rings. The summed E-state index contributed by atoms with van der Waals surface area (Å²) in [5.74, 6) is 0.931. The van der Waals surface area contributed by atoms with E-state index in [0.717, 1.165) is 11.5 Å². The van der Waals surface area contributed by atoms with Crippen LogP contribution in [0.4, 0.5) is 5.82 Å². The van der Waals surface area contributed by atoms with Gasteiger partial charge in [0, 0.05) is 6.07 Å². The molecule has 0 spiro atoms. The van der Waals surface area contributed by atoms with Gasteiger partial charge >= 0.3 is 0 Å². The van der Waals surface area contributed by atoms with E-state index in [0.29, 0.717) is 0 Å². The van der Waals surface area contributed by atoms with Crippen molar-refractivity contribution in [1.82, 2.24) is 9.78 Å². The zero-order valence-corrected chi connectivity index (χ0v) is 9.29. The third-order valence-corrected chi connectivity index (χ3v) is 3.47. The Labute approximate surface area is 96.0 Å². The van der Waals surface area contributed by atoms with Crippen molar-refractivity contribution in [2.24, 2.45) is 0 Å². The number of aromatic nitrogens is 2. The van der Waals surface area contributed by atoms with E-state index in [-0.39, 0.29) is 5.50 Å². The number of thiophene rings is 1. The number of hydrogen-bond donors (Lipinski definition) is 1. The molecule has 1 N–H and O–H groups in total. The predicted molar refractivity (Wildman–Crippen MR) is 63.0 cm³/mol. The highest BCUT2D eigenvalue weighted by molar-refractivity contribution is 7.11. The molecule has 15 heavy (non-hydrogen) atoms. The van der Waals surface area contributed by atoms with Gasteiger partial charge in [-0.15, -0.1) is 11.3 Å². The summed E-state index contributed by atoms with van der Waals surface area (Å²) in [4.78, 5) is 1.19. The first-order valence-electron chi connectivity index (χ1n) is 4.55. The summed E-state index contributed by atoms with van der Waals surface area (Å²) in [6.45, 7) is 0. The Morgan fingerprint density at radius 2 is 2.40 bits per heavy atom. The number of halogens is 1. The van der Waals surface area contributed by atoms with Crippen molar-refractivity contribution in [2.45, 2.75) is 5.50 Å². The maximum absolute atomic E-state index is 6.19. The highest BCUT2D eigenvalue weighted by atomic mass is 35.5. The number of rotatable bonds is 1. The number of hydrogen-bond acceptors (Lipinski definition) is 3. The maximum Gasteiger partial charge on any atom is 0.148 e. The molecule has 0 bridgehead atoms. The second-order valence-corrected chi connectivity index (χ2v) is 4.61. The fraction of sp³-hybridized carbons (Fsp3) is 0.100. The molecule has 5 heteroatoms. The first-order valence-corrected chi connectivity index (χ1v) is 5.86. The Bertz CT molecular complexity index is 500. The van der Waals surface area contributed by atoms with Gasteiger partial charge in [0.15, 0.2) is 0 Å². The van der Waals surface area contributed by atoms with Gasteiger partial charge in [-0.25, -0.2) is 4.68 Å². The Kier molecular flexibility index (Phi) is 2.04. The molecule has 0 fully saturated rings. The minimum absolute atomic E-state index is 0.214. The van der Waals surface area contributed by atoms with Crippen molar-refractivity contribution in [3.63, 3.8) is 0 Å². The van der Waals surface area contributed by atoms with E-state index in [1.807, 2.05) is 23.6 Å². The third-order valence-electron chi connectivity index (χ3n) is 2.26. The quantitative estimate of drug-likeness (QED) is 0.773. The first kappa shape index (κ1) is 9.00. The van der Waals surface area contributed by atoms with Gasteiger partial charge in [-0.1, -0.05) is 17.7 Å². The van der Waals surface area contributed by atoms with Crippen LogP contribution in [0, 0.1) is 0 Å². The molecule has 0 saturated carbocycles. The number of alkyl halides is 1. The van der Waals surface area contributed by atoms with E-state index in [2.05, 4.69) is 16.5 Å². The van der Waals surface area contributed by atoms with Crippen molar-refractivity contribution >= 4 is 34.5 Å². The van der Waals surface area contributed by atoms with E-state index in [9.17, 15) is 0 Å². The molecule has 1 aliphatic heterocycles. The minimum atomic E-state index is -0.214. The van der Waals surface area contributed by atoms with Gasteiger partial charge in [-0.2, -0.15) is 5.10 Å². The summed E-state index contributed by atoms with van der Waals surface area (Å²) in [5, 5.41) is 9.48. The van der Waals surface area contributed by atoms with E-state index in [1.165, 1.54) is 4.88 Å². The van der Waals surface area contributed by atoms with Crippen molar-refractivity contribution in [3.8, 4) is 0 Å². The molecular formula is C10H8ClN3S. The molecule has 0 amide bonds. The van der Waals surface area contributed by atoms with E-state index in [1.54, 1.807) is 22.2 Å². The standard InChI is InChI=1S/C10H8ClN3S/c11-9-6-7(8-2-1-5-15-8)13-10-3-4-12-14(9)10/h1-6,9,13H. The summed E-state index contributed by atoms with van der Waals surface area (Å²) >= 11 is 7.88. The van der Waals surface area contributed by atoms with Crippen molar-refractivity contribution < 1.29 is 0 Å². The van der Waals surface area contributed by atoms with Gasteiger partial charge in [0.1, 0.15) is 11.3 Å². The molecule has 76 valence electrons. The lowest BCUT2D eigenvalue weighted by Gasteiger charge is -2.20. The molecule has 3 heterocycles. The number of anilines is 1.